The number of benzene rings is 1. The largest absolute Gasteiger partial charge is 0.488 e. The van der Waals surface area contributed by atoms with Crippen molar-refractivity contribution in [1.29, 1.82) is 5.26 Å². The zero-order chi connectivity index (χ0) is 20.0. The van der Waals surface area contributed by atoms with Crippen LogP contribution in [-0.4, -0.2) is 28.3 Å². The Kier molecular flexibility index (Phi) is 6.35. The van der Waals surface area contributed by atoms with Crippen molar-refractivity contribution in [3.05, 3.63) is 41.9 Å². The molecule has 2 aromatic rings. The molecule has 2 N–H and O–H groups in total. The van der Waals surface area contributed by atoms with Gasteiger partial charge in [0.1, 0.15) is 29.9 Å². The van der Waals surface area contributed by atoms with Gasteiger partial charge in [-0.3, -0.25) is 0 Å². The highest BCUT2D eigenvalue weighted by Crippen LogP contribution is 2.28. The normalized spacial score (nSPS) is 12.9. The first-order chi connectivity index (χ1) is 12.7. The molecule has 0 aliphatic rings. The Labute approximate surface area is 159 Å². The van der Waals surface area contributed by atoms with Crippen molar-refractivity contribution >= 4 is 6.09 Å². The number of hydrogen-bond acceptors (Lipinski definition) is 6. The number of carbonyl (C=O) groups is 1. The van der Waals surface area contributed by atoms with Crippen LogP contribution in [-0.2, 0) is 4.74 Å². The number of aryl methyl sites for hydroxylation is 1. The van der Waals surface area contributed by atoms with Crippen molar-refractivity contribution in [2.75, 3.05) is 6.61 Å². The van der Waals surface area contributed by atoms with Crippen LogP contribution in [0.2, 0.25) is 0 Å². The second-order valence-corrected chi connectivity index (χ2v) is 7.07. The number of amides is 1. The van der Waals surface area contributed by atoms with E-state index in [0.29, 0.717) is 23.6 Å². The molecule has 7 heteroatoms. The molecule has 1 amide bonds. The maximum Gasteiger partial charge on any atom is 0.405 e. The standard InChI is InChI=1S/C20H24N4O3/c1-13(2)10-20(4,27-19(22)25)12-26-18-6-5-15(9-16(18)11-21)17-7-8-23-14(3)24-17/h5-9,13H,10,12H2,1-4H3,(H2,22,25)/t20-/m0/s1. The second-order valence-electron chi connectivity index (χ2n) is 7.07. The zero-order valence-electron chi connectivity index (χ0n) is 16.0. The predicted octanol–water partition coefficient (Wildman–Crippen LogP) is 3.60. The number of carbonyl (C=O) groups excluding carboxylic acids is 1. The quantitative estimate of drug-likeness (QED) is 0.799. The van der Waals surface area contributed by atoms with Gasteiger partial charge < -0.3 is 15.2 Å². The minimum absolute atomic E-state index is 0.0920. The summed E-state index contributed by atoms with van der Waals surface area (Å²) in [5, 5.41) is 9.50. The Morgan fingerprint density at radius 2 is 2.11 bits per heavy atom. The van der Waals surface area contributed by atoms with Gasteiger partial charge in [-0.05, 0) is 50.5 Å². The van der Waals surface area contributed by atoms with E-state index >= 15 is 0 Å². The second kappa shape index (κ2) is 8.49. The number of nitrogens with zero attached hydrogens (tertiary/aromatic N) is 3. The van der Waals surface area contributed by atoms with Crippen LogP contribution in [0.15, 0.2) is 30.5 Å². The van der Waals surface area contributed by atoms with Gasteiger partial charge >= 0.3 is 6.09 Å². The molecule has 7 nitrogen and oxygen atoms in total. The Morgan fingerprint density at radius 3 is 2.70 bits per heavy atom. The molecular weight excluding hydrogens is 344 g/mol. The van der Waals surface area contributed by atoms with Gasteiger partial charge in [-0.2, -0.15) is 5.26 Å². The Bertz CT molecular complexity index is 861. The SMILES string of the molecule is Cc1nccc(-c2ccc(OC[C@](C)(CC(C)C)OC(N)=O)c(C#N)c2)n1. The first-order valence-electron chi connectivity index (χ1n) is 8.68. The van der Waals surface area contributed by atoms with Gasteiger partial charge in [-0.1, -0.05) is 13.8 Å². The van der Waals surface area contributed by atoms with Crippen molar-refractivity contribution in [3.8, 4) is 23.1 Å². The summed E-state index contributed by atoms with van der Waals surface area (Å²) in [7, 11) is 0. The van der Waals surface area contributed by atoms with Gasteiger partial charge in [0.25, 0.3) is 0 Å². The lowest BCUT2D eigenvalue weighted by atomic mass is 9.95. The van der Waals surface area contributed by atoms with Crippen molar-refractivity contribution in [2.45, 2.75) is 39.7 Å². The molecule has 27 heavy (non-hydrogen) atoms. The summed E-state index contributed by atoms with van der Waals surface area (Å²) in [6, 6.07) is 9.17. The highest BCUT2D eigenvalue weighted by Gasteiger charge is 2.30. The van der Waals surface area contributed by atoms with Gasteiger partial charge in [0.15, 0.2) is 0 Å². The molecule has 0 unspecified atom stereocenters. The van der Waals surface area contributed by atoms with Gasteiger partial charge in [0, 0.05) is 11.8 Å². The summed E-state index contributed by atoms with van der Waals surface area (Å²) in [6.45, 7) is 7.70. The molecule has 142 valence electrons. The average molecular weight is 368 g/mol. The molecule has 0 bridgehead atoms. The van der Waals surface area contributed by atoms with E-state index in [1.807, 2.05) is 19.9 Å². The van der Waals surface area contributed by atoms with Crippen LogP contribution in [0.25, 0.3) is 11.3 Å². The Hall–Kier alpha value is -3.14. The van der Waals surface area contributed by atoms with Crippen LogP contribution >= 0.6 is 0 Å². The monoisotopic (exact) mass is 368 g/mol. The smallest absolute Gasteiger partial charge is 0.405 e. The lowest BCUT2D eigenvalue weighted by Crippen LogP contribution is -2.41. The van der Waals surface area contributed by atoms with Crippen LogP contribution in [0.5, 0.6) is 5.75 Å². The summed E-state index contributed by atoms with van der Waals surface area (Å²) < 4.78 is 11.1. The van der Waals surface area contributed by atoms with Crippen LogP contribution in [0.3, 0.4) is 0 Å². The molecular formula is C20H24N4O3. The van der Waals surface area contributed by atoms with E-state index in [1.165, 1.54) is 0 Å². The van der Waals surface area contributed by atoms with Crippen molar-refractivity contribution in [2.24, 2.45) is 11.7 Å². The van der Waals surface area contributed by atoms with E-state index < -0.39 is 11.7 Å². The number of nitriles is 1. The summed E-state index contributed by atoms with van der Waals surface area (Å²) in [5.41, 5.74) is 6.21. The third-order valence-electron chi connectivity index (χ3n) is 3.89. The number of ether oxygens (including phenoxy) is 2. The van der Waals surface area contributed by atoms with E-state index in [-0.39, 0.29) is 12.5 Å². The third-order valence-corrected chi connectivity index (χ3v) is 3.89. The number of aromatic nitrogens is 2. The lowest BCUT2D eigenvalue weighted by Gasteiger charge is -2.30. The van der Waals surface area contributed by atoms with Gasteiger partial charge in [0.2, 0.25) is 0 Å². The molecule has 1 aromatic carbocycles. The fourth-order valence-electron chi connectivity index (χ4n) is 2.99. The molecule has 0 saturated carbocycles. The molecule has 1 heterocycles. The van der Waals surface area contributed by atoms with E-state index in [1.54, 1.807) is 38.2 Å². The number of hydrogen-bond donors (Lipinski definition) is 1. The fourth-order valence-corrected chi connectivity index (χ4v) is 2.99. The molecule has 1 aromatic heterocycles. The minimum atomic E-state index is -0.880. The third kappa shape index (κ3) is 5.68. The molecule has 0 spiro atoms. The minimum Gasteiger partial charge on any atom is -0.488 e. The summed E-state index contributed by atoms with van der Waals surface area (Å²) in [4.78, 5) is 19.7. The van der Waals surface area contributed by atoms with Crippen molar-refractivity contribution in [3.63, 3.8) is 0 Å². The summed E-state index contributed by atoms with van der Waals surface area (Å²) >= 11 is 0. The number of primary amides is 1. The van der Waals surface area contributed by atoms with Gasteiger partial charge in [-0.15, -0.1) is 0 Å². The Balaban J connectivity index is 2.23. The lowest BCUT2D eigenvalue weighted by molar-refractivity contribution is -0.0186. The summed E-state index contributed by atoms with van der Waals surface area (Å²) in [6.07, 6.45) is 1.40. The zero-order valence-corrected chi connectivity index (χ0v) is 16.0. The van der Waals surface area contributed by atoms with E-state index in [9.17, 15) is 10.1 Å². The number of nitrogens with two attached hydrogens (primary N) is 1. The molecule has 1 atom stereocenters. The topological polar surface area (TPSA) is 111 Å². The van der Waals surface area contributed by atoms with E-state index in [2.05, 4.69) is 16.0 Å². The van der Waals surface area contributed by atoms with Crippen molar-refractivity contribution in [1.82, 2.24) is 9.97 Å². The van der Waals surface area contributed by atoms with Crippen LogP contribution in [0.1, 0.15) is 38.6 Å². The molecule has 0 aliphatic heterocycles. The maximum absolute atomic E-state index is 11.2. The van der Waals surface area contributed by atoms with E-state index in [0.717, 1.165) is 11.3 Å². The van der Waals surface area contributed by atoms with Crippen LogP contribution in [0.4, 0.5) is 4.79 Å². The molecule has 0 saturated heterocycles. The molecule has 0 aliphatic carbocycles. The van der Waals surface area contributed by atoms with Crippen LogP contribution in [0, 0.1) is 24.2 Å². The number of rotatable bonds is 7. The molecule has 0 radical (unpaired) electrons. The first-order valence-corrected chi connectivity index (χ1v) is 8.68. The van der Waals surface area contributed by atoms with Crippen molar-refractivity contribution < 1.29 is 14.3 Å². The summed E-state index contributed by atoms with van der Waals surface area (Å²) in [5.74, 6) is 1.34. The highest BCUT2D eigenvalue weighted by atomic mass is 16.6. The predicted molar refractivity (Wildman–Crippen MR) is 101 cm³/mol. The Morgan fingerprint density at radius 1 is 1.37 bits per heavy atom. The molecule has 0 fully saturated rings. The van der Waals surface area contributed by atoms with Crippen LogP contribution < -0.4 is 10.5 Å². The fraction of sp³-hybridized carbons (Fsp3) is 0.400. The maximum atomic E-state index is 11.2. The highest BCUT2D eigenvalue weighted by molar-refractivity contribution is 5.65. The van der Waals surface area contributed by atoms with Gasteiger partial charge in [0.05, 0.1) is 11.3 Å². The average Bonchev–Trinajstić information content (AvgIpc) is 2.58. The van der Waals surface area contributed by atoms with E-state index in [4.69, 9.17) is 15.2 Å². The first kappa shape index (κ1) is 20.2. The molecule has 2 rings (SSSR count). The van der Waals surface area contributed by atoms with Gasteiger partial charge in [-0.25, -0.2) is 14.8 Å².